The Bertz CT molecular complexity index is 559. The van der Waals surface area contributed by atoms with E-state index in [4.69, 9.17) is 4.74 Å². The Morgan fingerprint density at radius 3 is 2.60 bits per heavy atom. The van der Waals surface area contributed by atoms with Gasteiger partial charge in [0.05, 0.1) is 6.54 Å². The van der Waals surface area contributed by atoms with Crippen molar-refractivity contribution in [2.24, 2.45) is 0 Å². The van der Waals surface area contributed by atoms with Crippen LogP contribution in [0.1, 0.15) is 43.6 Å². The maximum atomic E-state index is 11.4. The van der Waals surface area contributed by atoms with Crippen LogP contribution in [0.25, 0.3) is 0 Å². The first-order chi connectivity index (χ1) is 9.28. The van der Waals surface area contributed by atoms with Gasteiger partial charge >= 0.3 is 6.09 Å². The van der Waals surface area contributed by atoms with E-state index >= 15 is 0 Å². The summed E-state index contributed by atoms with van der Waals surface area (Å²) in [6.45, 7) is 7.10. The second-order valence-electron chi connectivity index (χ2n) is 5.29. The Labute approximate surface area is 119 Å². The van der Waals surface area contributed by atoms with Crippen molar-refractivity contribution < 1.29 is 14.3 Å². The zero-order valence-corrected chi connectivity index (χ0v) is 12.2. The lowest BCUT2D eigenvalue weighted by molar-refractivity contribution is 0.0535. The van der Waals surface area contributed by atoms with Crippen molar-refractivity contribution in [1.82, 2.24) is 5.32 Å². The van der Waals surface area contributed by atoms with E-state index in [1.807, 2.05) is 6.07 Å². The highest BCUT2D eigenvalue weighted by molar-refractivity contribution is 5.94. The van der Waals surface area contributed by atoms with Gasteiger partial charge < -0.3 is 10.1 Å². The SMILES string of the molecule is CC(=O)c1cccc(C#CCNC(=O)OC(C)(C)C)c1. The number of benzene rings is 1. The van der Waals surface area contributed by atoms with Crippen LogP contribution in [-0.4, -0.2) is 24.0 Å². The highest BCUT2D eigenvalue weighted by Gasteiger charge is 2.14. The van der Waals surface area contributed by atoms with E-state index in [0.29, 0.717) is 5.56 Å². The van der Waals surface area contributed by atoms with E-state index in [9.17, 15) is 9.59 Å². The monoisotopic (exact) mass is 273 g/mol. The lowest BCUT2D eigenvalue weighted by Crippen LogP contribution is -2.32. The fraction of sp³-hybridized carbons (Fsp3) is 0.375. The number of ketones is 1. The van der Waals surface area contributed by atoms with Crippen LogP contribution < -0.4 is 5.32 Å². The molecule has 0 aliphatic heterocycles. The summed E-state index contributed by atoms with van der Waals surface area (Å²) in [6, 6.07) is 7.06. The normalized spacial score (nSPS) is 10.2. The first-order valence-corrected chi connectivity index (χ1v) is 6.34. The Balaban J connectivity index is 2.53. The largest absolute Gasteiger partial charge is 0.444 e. The lowest BCUT2D eigenvalue weighted by atomic mass is 10.1. The molecule has 0 aliphatic carbocycles. The molecule has 0 unspecified atom stereocenters. The fourth-order valence-electron chi connectivity index (χ4n) is 1.39. The molecule has 1 aromatic carbocycles. The molecule has 4 nitrogen and oxygen atoms in total. The van der Waals surface area contributed by atoms with Crippen molar-refractivity contribution in [2.75, 3.05) is 6.54 Å². The van der Waals surface area contributed by atoms with Gasteiger partial charge in [0.25, 0.3) is 0 Å². The van der Waals surface area contributed by atoms with Gasteiger partial charge in [-0.2, -0.15) is 0 Å². The van der Waals surface area contributed by atoms with Gasteiger partial charge in [-0.05, 0) is 39.8 Å². The number of hydrogen-bond donors (Lipinski definition) is 1. The summed E-state index contributed by atoms with van der Waals surface area (Å²) >= 11 is 0. The molecule has 0 aliphatic rings. The summed E-state index contributed by atoms with van der Waals surface area (Å²) in [5.74, 6) is 5.70. The van der Waals surface area contributed by atoms with Crippen molar-refractivity contribution in [2.45, 2.75) is 33.3 Å². The molecule has 0 radical (unpaired) electrons. The maximum absolute atomic E-state index is 11.4. The molecule has 0 aromatic heterocycles. The van der Waals surface area contributed by atoms with E-state index in [2.05, 4.69) is 17.2 Å². The average molecular weight is 273 g/mol. The van der Waals surface area contributed by atoms with Crippen LogP contribution in [0.5, 0.6) is 0 Å². The number of nitrogens with one attached hydrogen (secondary N) is 1. The van der Waals surface area contributed by atoms with E-state index < -0.39 is 11.7 Å². The third-order valence-corrected chi connectivity index (χ3v) is 2.22. The minimum Gasteiger partial charge on any atom is -0.444 e. The first kappa shape index (κ1) is 15.8. The van der Waals surface area contributed by atoms with Crippen molar-refractivity contribution in [1.29, 1.82) is 0 Å². The minimum atomic E-state index is -0.521. The van der Waals surface area contributed by atoms with Crippen LogP contribution in [0.2, 0.25) is 0 Å². The molecule has 0 spiro atoms. The van der Waals surface area contributed by atoms with Gasteiger partial charge in [-0.15, -0.1) is 0 Å². The van der Waals surface area contributed by atoms with Crippen LogP contribution in [0, 0.1) is 11.8 Å². The summed E-state index contributed by atoms with van der Waals surface area (Å²) in [5, 5.41) is 2.55. The molecule has 0 fully saturated rings. The number of rotatable bonds is 2. The van der Waals surface area contributed by atoms with Crippen molar-refractivity contribution in [3.05, 3.63) is 35.4 Å². The van der Waals surface area contributed by atoms with Crippen LogP contribution in [0.3, 0.4) is 0 Å². The van der Waals surface area contributed by atoms with Crippen molar-refractivity contribution in [3.8, 4) is 11.8 Å². The van der Waals surface area contributed by atoms with Gasteiger partial charge in [0.15, 0.2) is 5.78 Å². The smallest absolute Gasteiger partial charge is 0.408 e. The summed E-state index contributed by atoms with van der Waals surface area (Å²) < 4.78 is 5.08. The lowest BCUT2D eigenvalue weighted by Gasteiger charge is -2.18. The second-order valence-corrected chi connectivity index (χ2v) is 5.29. The van der Waals surface area contributed by atoms with Crippen LogP contribution in [0.15, 0.2) is 24.3 Å². The molecule has 0 heterocycles. The van der Waals surface area contributed by atoms with Gasteiger partial charge in [-0.1, -0.05) is 24.0 Å². The molecule has 1 amide bonds. The minimum absolute atomic E-state index is 0.000491. The van der Waals surface area contributed by atoms with Crippen molar-refractivity contribution in [3.63, 3.8) is 0 Å². The van der Waals surface area contributed by atoms with E-state index in [0.717, 1.165) is 5.56 Å². The number of carbonyl (C=O) groups excluding carboxylic acids is 2. The molecular weight excluding hydrogens is 254 g/mol. The standard InChI is InChI=1S/C16H19NO3/c1-12(18)14-9-5-7-13(11-14)8-6-10-17-15(19)20-16(2,3)4/h5,7,9,11H,10H2,1-4H3,(H,17,19). The summed E-state index contributed by atoms with van der Waals surface area (Å²) in [4.78, 5) is 22.6. The predicted molar refractivity (Wildman–Crippen MR) is 77.6 cm³/mol. The van der Waals surface area contributed by atoms with Gasteiger partial charge in [0.1, 0.15) is 5.60 Å². The predicted octanol–water partition coefficient (Wildman–Crippen LogP) is 2.77. The highest BCUT2D eigenvalue weighted by atomic mass is 16.6. The molecule has 106 valence electrons. The Morgan fingerprint density at radius 2 is 2.00 bits per heavy atom. The summed E-state index contributed by atoms with van der Waals surface area (Å²) in [5.41, 5.74) is 0.841. The third-order valence-electron chi connectivity index (χ3n) is 2.22. The second kappa shape index (κ2) is 6.76. The average Bonchev–Trinajstić information content (AvgIpc) is 2.33. The topological polar surface area (TPSA) is 55.4 Å². The van der Waals surface area contributed by atoms with Gasteiger partial charge in [0, 0.05) is 11.1 Å². The third kappa shape index (κ3) is 6.05. The number of carbonyl (C=O) groups is 2. The van der Waals surface area contributed by atoms with Crippen LogP contribution in [0.4, 0.5) is 4.79 Å². The number of amides is 1. The number of Topliss-reactive ketones (excluding diaryl/α,β-unsaturated/α-hetero) is 1. The molecule has 4 heteroatoms. The Hall–Kier alpha value is -2.28. The molecule has 1 rings (SSSR count). The maximum Gasteiger partial charge on any atom is 0.408 e. The molecule has 0 atom stereocenters. The van der Waals surface area contributed by atoms with Gasteiger partial charge in [0.2, 0.25) is 0 Å². The van der Waals surface area contributed by atoms with E-state index in [1.54, 1.807) is 39.0 Å². The van der Waals surface area contributed by atoms with Gasteiger partial charge in [-0.25, -0.2) is 4.79 Å². The van der Waals surface area contributed by atoms with Gasteiger partial charge in [-0.3, -0.25) is 4.79 Å². The molecule has 0 saturated heterocycles. The Kier molecular flexibility index (Phi) is 5.33. The fourth-order valence-corrected chi connectivity index (χ4v) is 1.39. The summed E-state index contributed by atoms with van der Waals surface area (Å²) in [6.07, 6.45) is -0.496. The molecular formula is C16H19NO3. The summed E-state index contributed by atoms with van der Waals surface area (Å²) in [7, 11) is 0. The zero-order valence-electron chi connectivity index (χ0n) is 12.2. The number of alkyl carbamates (subject to hydrolysis) is 1. The molecule has 0 bridgehead atoms. The van der Waals surface area contributed by atoms with E-state index in [-0.39, 0.29) is 12.3 Å². The molecule has 0 saturated carbocycles. The van der Waals surface area contributed by atoms with Crippen LogP contribution >= 0.6 is 0 Å². The molecule has 20 heavy (non-hydrogen) atoms. The highest BCUT2D eigenvalue weighted by Crippen LogP contribution is 2.06. The molecule has 1 N–H and O–H groups in total. The van der Waals surface area contributed by atoms with Crippen LogP contribution in [-0.2, 0) is 4.74 Å². The quantitative estimate of drug-likeness (QED) is 0.666. The Morgan fingerprint density at radius 1 is 1.30 bits per heavy atom. The number of hydrogen-bond acceptors (Lipinski definition) is 3. The van der Waals surface area contributed by atoms with Crippen molar-refractivity contribution >= 4 is 11.9 Å². The van der Waals surface area contributed by atoms with E-state index in [1.165, 1.54) is 6.92 Å². The molecule has 1 aromatic rings. The first-order valence-electron chi connectivity index (χ1n) is 6.34. The zero-order chi connectivity index (χ0) is 15.2. The number of ether oxygens (including phenoxy) is 1.